The van der Waals surface area contributed by atoms with Gasteiger partial charge in [-0.1, -0.05) is 48.5 Å². The van der Waals surface area contributed by atoms with E-state index in [1.165, 1.54) is 31.5 Å². The first-order chi connectivity index (χ1) is 19.8. The molecule has 0 saturated carbocycles. The minimum absolute atomic E-state index is 0.00517. The Balaban J connectivity index is 1.45. The quantitative estimate of drug-likeness (QED) is 0.116. The molecule has 0 fully saturated rings. The van der Waals surface area contributed by atoms with Gasteiger partial charge in [0, 0.05) is 5.56 Å². The third-order valence-electron chi connectivity index (χ3n) is 5.60. The zero-order valence-electron chi connectivity index (χ0n) is 22.2. The molecular formula is C30H27BrN2O7S. The number of amides is 1. The first-order valence-electron chi connectivity index (χ1n) is 12.4. The van der Waals surface area contributed by atoms with Crippen LogP contribution in [-0.2, 0) is 16.7 Å². The Kier molecular flexibility index (Phi) is 9.99. The highest BCUT2D eigenvalue weighted by Crippen LogP contribution is 2.38. The summed E-state index contributed by atoms with van der Waals surface area (Å²) in [5.74, 6) is 0.630. The number of benzene rings is 4. The fourth-order valence-electron chi connectivity index (χ4n) is 3.64. The lowest BCUT2D eigenvalue weighted by Crippen LogP contribution is -2.17. The molecule has 0 aliphatic rings. The summed E-state index contributed by atoms with van der Waals surface area (Å²) in [7, 11) is -2.70. The van der Waals surface area contributed by atoms with E-state index in [9.17, 15) is 13.2 Å². The molecule has 212 valence electrons. The van der Waals surface area contributed by atoms with E-state index in [2.05, 4.69) is 26.5 Å². The highest BCUT2D eigenvalue weighted by atomic mass is 79.9. The molecule has 9 nitrogen and oxygen atoms in total. The molecule has 1 amide bonds. The van der Waals surface area contributed by atoms with Gasteiger partial charge in [0.05, 0.1) is 24.4 Å². The summed E-state index contributed by atoms with van der Waals surface area (Å²) in [6.07, 6.45) is 1.39. The predicted molar refractivity (Wildman–Crippen MR) is 158 cm³/mol. The first kappa shape index (κ1) is 29.6. The summed E-state index contributed by atoms with van der Waals surface area (Å²) in [5.41, 5.74) is 4.32. The van der Waals surface area contributed by atoms with Crippen molar-refractivity contribution in [3.8, 4) is 23.0 Å². The zero-order chi connectivity index (χ0) is 29.2. The van der Waals surface area contributed by atoms with Crippen molar-refractivity contribution in [1.82, 2.24) is 5.43 Å². The zero-order valence-corrected chi connectivity index (χ0v) is 24.6. The van der Waals surface area contributed by atoms with E-state index in [-0.39, 0.29) is 16.4 Å². The van der Waals surface area contributed by atoms with Crippen LogP contribution in [-0.4, -0.2) is 34.3 Å². The molecule has 0 radical (unpaired) electrons. The molecule has 11 heteroatoms. The Hall–Kier alpha value is -4.35. The van der Waals surface area contributed by atoms with Gasteiger partial charge in [0.2, 0.25) is 0 Å². The first-order valence-corrected chi connectivity index (χ1v) is 14.6. The number of ether oxygens (including phenoxy) is 3. The number of carbonyl (C=O) groups excluding carboxylic acids is 1. The second-order valence-electron chi connectivity index (χ2n) is 8.45. The molecule has 0 unspecified atom stereocenters. The van der Waals surface area contributed by atoms with E-state index >= 15 is 0 Å². The van der Waals surface area contributed by atoms with E-state index in [0.717, 1.165) is 5.56 Å². The molecule has 0 aliphatic carbocycles. The van der Waals surface area contributed by atoms with Gasteiger partial charge in [-0.15, -0.1) is 0 Å². The van der Waals surface area contributed by atoms with Crippen molar-refractivity contribution in [2.45, 2.75) is 18.4 Å². The SMILES string of the molecule is CCOc1cc(C(=O)N/N=C/c2cc(Br)c(OS(=O)(=O)c3ccccc3)c(OC)c2)ccc1OCc1ccccc1. The van der Waals surface area contributed by atoms with Gasteiger partial charge in [-0.25, -0.2) is 5.43 Å². The highest BCUT2D eigenvalue weighted by molar-refractivity contribution is 9.10. The van der Waals surface area contributed by atoms with Gasteiger partial charge in [-0.3, -0.25) is 4.79 Å². The summed E-state index contributed by atoms with van der Waals surface area (Å²) >= 11 is 3.33. The average molecular weight is 640 g/mol. The standard InChI is InChI=1S/C30H27BrN2O7S/c1-3-38-27-18-23(14-15-26(27)39-20-21-10-6-4-7-11-21)30(34)33-32-19-22-16-25(31)29(28(17-22)37-2)40-41(35,36)24-12-8-5-9-13-24/h4-19H,3,20H2,1-2H3,(H,33,34)/b32-19+. The molecule has 0 aliphatic heterocycles. The van der Waals surface area contributed by atoms with Crippen LogP contribution in [0.3, 0.4) is 0 Å². The molecule has 0 spiro atoms. The van der Waals surface area contributed by atoms with E-state index < -0.39 is 16.0 Å². The summed E-state index contributed by atoms with van der Waals surface area (Å²) < 4.78 is 48.0. The van der Waals surface area contributed by atoms with E-state index in [1.54, 1.807) is 42.5 Å². The summed E-state index contributed by atoms with van der Waals surface area (Å²) in [6, 6.07) is 25.5. The fourth-order valence-corrected chi connectivity index (χ4v) is 5.27. The number of carbonyl (C=O) groups is 1. The number of rotatable bonds is 12. The van der Waals surface area contributed by atoms with Crippen molar-refractivity contribution in [3.05, 3.63) is 112 Å². The molecule has 0 atom stereocenters. The lowest BCUT2D eigenvalue weighted by Gasteiger charge is -2.13. The van der Waals surface area contributed by atoms with Gasteiger partial charge >= 0.3 is 10.1 Å². The van der Waals surface area contributed by atoms with Crippen LogP contribution in [0.25, 0.3) is 0 Å². The normalized spacial score (nSPS) is 11.2. The Labute approximate surface area is 247 Å². The van der Waals surface area contributed by atoms with Crippen LogP contribution in [0.5, 0.6) is 23.0 Å². The second kappa shape index (κ2) is 13.8. The largest absolute Gasteiger partial charge is 0.493 e. The van der Waals surface area contributed by atoms with Crippen LogP contribution in [0.4, 0.5) is 0 Å². The fraction of sp³-hybridized carbons (Fsp3) is 0.133. The minimum atomic E-state index is -4.09. The number of nitrogens with zero attached hydrogens (tertiary/aromatic N) is 1. The van der Waals surface area contributed by atoms with Crippen LogP contribution in [0.2, 0.25) is 0 Å². The maximum absolute atomic E-state index is 12.8. The van der Waals surface area contributed by atoms with Gasteiger partial charge in [-0.2, -0.15) is 13.5 Å². The maximum Gasteiger partial charge on any atom is 0.339 e. The topological polar surface area (TPSA) is 113 Å². The lowest BCUT2D eigenvalue weighted by molar-refractivity contribution is 0.0954. The van der Waals surface area contributed by atoms with E-state index in [4.69, 9.17) is 18.4 Å². The molecule has 41 heavy (non-hydrogen) atoms. The number of halogens is 1. The Morgan fingerprint density at radius 2 is 1.61 bits per heavy atom. The number of hydrogen-bond donors (Lipinski definition) is 1. The molecule has 0 saturated heterocycles. The van der Waals surface area contributed by atoms with Crippen molar-refractivity contribution in [1.29, 1.82) is 0 Å². The molecule has 4 rings (SSSR count). The minimum Gasteiger partial charge on any atom is -0.493 e. The Bertz CT molecular complexity index is 1630. The smallest absolute Gasteiger partial charge is 0.339 e. The molecule has 1 N–H and O–H groups in total. The van der Waals surface area contributed by atoms with Crippen molar-refractivity contribution in [2.75, 3.05) is 13.7 Å². The van der Waals surface area contributed by atoms with E-state index in [1.807, 2.05) is 37.3 Å². The van der Waals surface area contributed by atoms with Crippen molar-refractivity contribution in [3.63, 3.8) is 0 Å². The van der Waals surface area contributed by atoms with Crippen LogP contribution >= 0.6 is 15.9 Å². The van der Waals surface area contributed by atoms with E-state index in [0.29, 0.717) is 40.3 Å². The molecular weight excluding hydrogens is 612 g/mol. The van der Waals surface area contributed by atoms with Crippen LogP contribution in [0.1, 0.15) is 28.4 Å². The third-order valence-corrected chi connectivity index (χ3v) is 7.42. The maximum atomic E-state index is 12.8. The number of hydrogen-bond acceptors (Lipinski definition) is 8. The highest BCUT2D eigenvalue weighted by Gasteiger charge is 2.21. The van der Waals surface area contributed by atoms with Crippen molar-refractivity contribution >= 4 is 38.2 Å². The van der Waals surface area contributed by atoms with Gasteiger partial charge < -0.3 is 18.4 Å². The monoisotopic (exact) mass is 638 g/mol. The molecule has 4 aromatic carbocycles. The summed E-state index contributed by atoms with van der Waals surface area (Å²) in [4.78, 5) is 12.8. The summed E-state index contributed by atoms with van der Waals surface area (Å²) in [5, 5.41) is 4.03. The van der Waals surface area contributed by atoms with Gasteiger partial charge in [0.1, 0.15) is 11.5 Å². The lowest BCUT2D eigenvalue weighted by atomic mass is 10.2. The third kappa shape index (κ3) is 7.86. The predicted octanol–water partition coefficient (Wildman–Crippen LogP) is 5.97. The molecule has 0 aromatic heterocycles. The summed E-state index contributed by atoms with van der Waals surface area (Å²) in [6.45, 7) is 2.60. The second-order valence-corrected chi connectivity index (χ2v) is 10.9. The van der Waals surface area contributed by atoms with Gasteiger partial charge in [-0.05, 0) is 76.4 Å². The molecule has 4 aromatic rings. The molecule has 0 heterocycles. The Morgan fingerprint density at radius 3 is 2.29 bits per heavy atom. The molecule has 0 bridgehead atoms. The number of methoxy groups -OCH3 is 1. The van der Waals surface area contributed by atoms with Crippen LogP contribution in [0, 0.1) is 0 Å². The number of nitrogens with one attached hydrogen (secondary N) is 1. The van der Waals surface area contributed by atoms with Crippen molar-refractivity contribution in [2.24, 2.45) is 5.10 Å². The van der Waals surface area contributed by atoms with Gasteiger partial charge in [0.25, 0.3) is 5.91 Å². The van der Waals surface area contributed by atoms with Gasteiger partial charge in [0.15, 0.2) is 23.0 Å². The Morgan fingerprint density at radius 1 is 0.902 bits per heavy atom. The average Bonchev–Trinajstić information content (AvgIpc) is 2.98. The van der Waals surface area contributed by atoms with Crippen LogP contribution in [0.15, 0.2) is 105 Å². The number of hydrazone groups is 1. The van der Waals surface area contributed by atoms with Crippen molar-refractivity contribution < 1.29 is 31.6 Å². The van der Waals surface area contributed by atoms with Crippen LogP contribution < -0.4 is 23.8 Å².